The fourth-order valence-electron chi connectivity index (χ4n) is 3.95. The number of halogens is 1. The third kappa shape index (κ3) is 6.04. The summed E-state index contributed by atoms with van der Waals surface area (Å²) in [6.45, 7) is 8.02. The van der Waals surface area contributed by atoms with E-state index in [0.29, 0.717) is 23.9 Å². The number of nitrogens with zero attached hydrogens (tertiary/aromatic N) is 3. The Labute approximate surface area is 194 Å². The minimum absolute atomic E-state index is 0.0606. The number of benzene rings is 1. The molecule has 0 saturated carbocycles. The Balaban J connectivity index is 1.82. The molecule has 9 heteroatoms. The van der Waals surface area contributed by atoms with Gasteiger partial charge in [-0.15, -0.1) is 0 Å². The first-order chi connectivity index (χ1) is 15.7. The van der Waals surface area contributed by atoms with E-state index in [1.165, 1.54) is 12.1 Å². The van der Waals surface area contributed by atoms with Crippen LogP contribution in [0, 0.1) is 18.7 Å². The third-order valence-corrected chi connectivity index (χ3v) is 5.91. The number of likely N-dealkylation sites (N-methyl/N-ethyl adjacent to an activating group) is 1. The van der Waals surface area contributed by atoms with Gasteiger partial charge in [0.2, 0.25) is 11.8 Å². The average molecular weight is 457 g/mol. The van der Waals surface area contributed by atoms with Crippen LogP contribution in [-0.2, 0) is 9.59 Å². The second kappa shape index (κ2) is 10.7. The number of likely N-dealkylation sites (tertiary alicyclic amines) is 1. The monoisotopic (exact) mass is 456 g/mol. The number of nitrogens with one attached hydrogen (secondary N) is 3. The standard InChI is InChI=1S/C24H33FN6O2/c1-14(2)22(30-23(32)15(3)26-5)24(33)31-12-6-7-20(31)19-13-21(28-16(4)27-19)29-18-10-8-17(25)9-11-18/h8-11,13-15,20,22,26H,6-7,12H2,1-5H3,(H,30,32)(H,27,28,29)/t15-,20-,22-/m0/s1. The van der Waals surface area contributed by atoms with Gasteiger partial charge in [0.25, 0.3) is 0 Å². The maximum Gasteiger partial charge on any atom is 0.245 e. The molecule has 8 nitrogen and oxygen atoms in total. The number of amides is 2. The molecular formula is C24H33FN6O2. The van der Waals surface area contributed by atoms with Crippen LogP contribution in [0.15, 0.2) is 30.3 Å². The molecule has 1 saturated heterocycles. The van der Waals surface area contributed by atoms with E-state index < -0.39 is 12.1 Å². The lowest BCUT2D eigenvalue weighted by Crippen LogP contribution is -2.54. The fourth-order valence-corrected chi connectivity index (χ4v) is 3.95. The molecule has 1 aromatic heterocycles. The molecule has 1 fully saturated rings. The van der Waals surface area contributed by atoms with E-state index in [1.54, 1.807) is 33.0 Å². The zero-order valence-corrected chi connectivity index (χ0v) is 19.9. The van der Waals surface area contributed by atoms with Gasteiger partial charge >= 0.3 is 0 Å². The summed E-state index contributed by atoms with van der Waals surface area (Å²) in [5.41, 5.74) is 1.46. The van der Waals surface area contributed by atoms with Crippen LogP contribution < -0.4 is 16.0 Å². The third-order valence-electron chi connectivity index (χ3n) is 5.91. The number of hydrogen-bond acceptors (Lipinski definition) is 6. The maximum atomic E-state index is 13.5. The van der Waals surface area contributed by atoms with Crippen LogP contribution in [0.2, 0.25) is 0 Å². The molecule has 1 aromatic carbocycles. The van der Waals surface area contributed by atoms with E-state index in [9.17, 15) is 14.0 Å². The Morgan fingerprint density at radius 2 is 1.85 bits per heavy atom. The molecule has 0 bridgehead atoms. The molecule has 33 heavy (non-hydrogen) atoms. The van der Waals surface area contributed by atoms with Crippen LogP contribution in [0.4, 0.5) is 15.9 Å². The Morgan fingerprint density at radius 1 is 1.15 bits per heavy atom. The highest BCUT2D eigenvalue weighted by atomic mass is 19.1. The second-order valence-corrected chi connectivity index (χ2v) is 8.79. The predicted octanol–water partition coefficient (Wildman–Crippen LogP) is 3.08. The number of carbonyl (C=O) groups is 2. The molecule has 178 valence electrons. The minimum atomic E-state index is -0.617. The quantitative estimate of drug-likeness (QED) is 0.565. The largest absolute Gasteiger partial charge is 0.343 e. The summed E-state index contributed by atoms with van der Waals surface area (Å²) in [7, 11) is 1.71. The molecule has 2 aromatic rings. The molecule has 1 aliphatic rings. The summed E-state index contributed by atoms with van der Waals surface area (Å²) in [4.78, 5) is 36.8. The normalized spacial score (nSPS) is 17.7. The van der Waals surface area contributed by atoms with E-state index in [1.807, 2.05) is 24.8 Å². The van der Waals surface area contributed by atoms with Gasteiger partial charge in [-0.1, -0.05) is 13.8 Å². The summed E-state index contributed by atoms with van der Waals surface area (Å²) < 4.78 is 13.2. The first kappa shape index (κ1) is 24.6. The van der Waals surface area contributed by atoms with Crippen molar-refractivity contribution in [3.8, 4) is 0 Å². The van der Waals surface area contributed by atoms with Crippen molar-refractivity contribution in [2.24, 2.45) is 5.92 Å². The van der Waals surface area contributed by atoms with E-state index in [4.69, 9.17) is 0 Å². The highest BCUT2D eigenvalue weighted by Gasteiger charge is 2.37. The fraction of sp³-hybridized carbons (Fsp3) is 0.500. The molecule has 0 unspecified atom stereocenters. The number of anilines is 2. The van der Waals surface area contributed by atoms with Gasteiger partial charge in [0.15, 0.2) is 0 Å². The van der Waals surface area contributed by atoms with E-state index in [-0.39, 0.29) is 29.6 Å². The molecule has 3 rings (SSSR count). The van der Waals surface area contributed by atoms with Gasteiger partial charge in [0.05, 0.1) is 17.8 Å². The Morgan fingerprint density at radius 3 is 2.48 bits per heavy atom. The molecule has 3 atom stereocenters. The maximum absolute atomic E-state index is 13.5. The van der Waals surface area contributed by atoms with Crippen molar-refractivity contribution < 1.29 is 14.0 Å². The van der Waals surface area contributed by atoms with Gasteiger partial charge in [-0.25, -0.2) is 14.4 Å². The summed E-state index contributed by atoms with van der Waals surface area (Å²) in [6.07, 6.45) is 1.63. The van der Waals surface area contributed by atoms with E-state index in [0.717, 1.165) is 18.5 Å². The zero-order chi connectivity index (χ0) is 24.1. The van der Waals surface area contributed by atoms with Crippen molar-refractivity contribution in [3.05, 3.63) is 47.7 Å². The Hall–Kier alpha value is -3.07. The van der Waals surface area contributed by atoms with Gasteiger partial charge in [-0.3, -0.25) is 9.59 Å². The summed E-state index contributed by atoms with van der Waals surface area (Å²) in [5, 5.41) is 8.99. The van der Waals surface area contributed by atoms with E-state index >= 15 is 0 Å². The predicted molar refractivity (Wildman–Crippen MR) is 125 cm³/mol. The SMILES string of the molecule is CN[C@@H](C)C(=O)N[C@H](C(=O)N1CCC[C@H]1c1cc(Nc2ccc(F)cc2)nc(C)n1)C(C)C. The molecule has 2 amide bonds. The van der Waals surface area contributed by atoms with Crippen molar-refractivity contribution in [2.45, 2.75) is 58.7 Å². The van der Waals surface area contributed by atoms with Crippen molar-refractivity contribution in [1.82, 2.24) is 25.5 Å². The van der Waals surface area contributed by atoms with Gasteiger partial charge in [-0.05, 0) is 63.9 Å². The lowest BCUT2D eigenvalue weighted by molar-refractivity contribution is -0.139. The number of aromatic nitrogens is 2. The van der Waals surface area contributed by atoms with Gasteiger partial charge in [0, 0.05) is 18.3 Å². The Bertz CT molecular complexity index is 981. The van der Waals surface area contributed by atoms with Crippen LogP contribution >= 0.6 is 0 Å². The highest BCUT2D eigenvalue weighted by molar-refractivity contribution is 5.90. The highest BCUT2D eigenvalue weighted by Crippen LogP contribution is 2.33. The van der Waals surface area contributed by atoms with E-state index in [2.05, 4.69) is 25.9 Å². The molecule has 3 N–H and O–H groups in total. The Kier molecular flexibility index (Phi) is 7.97. The van der Waals surface area contributed by atoms with Crippen LogP contribution in [0.1, 0.15) is 51.2 Å². The summed E-state index contributed by atoms with van der Waals surface area (Å²) in [6, 6.07) is 6.66. The number of rotatable bonds is 8. The average Bonchev–Trinajstić information content (AvgIpc) is 3.27. The number of aryl methyl sites for hydroxylation is 1. The van der Waals surface area contributed by atoms with Crippen molar-refractivity contribution >= 4 is 23.3 Å². The molecular weight excluding hydrogens is 423 g/mol. The molecule has 1 aliphatic heterocycles. The minimum Gasteiger partial charge on any atom is -0.343 e. The zero-order valence-electron chi connectivity index (χ0n) is 19.9. The molecule has 0 spiro atoms. The molecule has 0 aliphatic carbocycles. The van der Waals surface area contributed by atoms with Gasteiger partial charge < -0.3 is 20.9 Å². The lowest BCUT2D eigenvalue weighted by atomic mass is 10.0. The van der Waals surface area contributed by atoms with Crippen LogP contribution in [0.25, 0.3) is 0 Å². The topological polar surface area (TPSA) is 99.2 Å². The molecule has 0 radical (unpaired) electrons. The number of carbonyl (C=O) groups excluding carboxylic acids is 2. The van der Waals surface area contributed by atoms with Crippen LogP contribution in [0.5, 0.6) is 0 Å². The van der Waals surface area contributed by atoms with Crippen molar-refractivity contribution in [1.29, 1.82) is 0 Å². The van der Waals surface area contributed by atoms with Crippen molar-refractivity contribution in [3.63, 3.8) is 0 Å². The first-order valence-corrected chi connectivity index (χ1v) is 11.4. The van der Waals surface area contributed by atoms with Crippen LogP contribution in [0.3, 0.4) is 0 Å². The smallest absolute Gasteiger partial charge is 0.245 e. The van der Waals surface area contributed by atoms with Gasteiger partial charge in [0.1, 0.15) is 23.5 Å². The number of hydrogen-bond donors (Lipinski definition) is 3. The molecule has 2 heterocycles. The summed E-state index contributed by atoms with van der Waals surface area (Å²) in [5.74, 6) is 0.482. The van der Waals surface area contributed by atoms with Crippen molar-refractivity contribution in [2.75, 3.05) is 18.9 Å². The van der Waals surface area contributed by atoms with Gasteiger partial charge in [-0.2, -0.15) is 0 Å². The second-order valence-electron chi connectivity index (χ2n) is 8.79. The first-order valence-electron chi connectivity index (χ1n) is 11.4. The lowest BCUT2D eigenvalue weighted by Gasteiger charge is -2.31. The summed E-state index contributed by atoms with van der Waals surface area (Å²) >= 11 is 0. The van der Waals surface area contributed by atoms with Crippen LogP contribution in [-0.4, -0.2) is 52.4 Å².